The van der Waals surface area contributed by atoms with Crippen LogP contribution in [0.2, 0.25) is 0 Å². The lowest BCUT2D eigenvalue weighted by molar-refractivity contribution is 0.199. The maximum atomic E-state index is 4.43. The van der Waals surface area contributed by atoms with Gasteiger partial charge < -0.3 is 10.6 Å². The highest BCUT2D eigenvalue weighted by Crippen LogP contribution is 2.34. The number of hydrogen-bond acceptors (Lipinski definition) is 3. The maximum absolute atomic E-state index is 4.43. The Balaban J connectivity index is 1.94. The molecule has 1 aliphatic heterocycles. The largest absolute Gasteiger partial charge is 0.370 e. The summed E-state index contributed by atoms with van der Waals surface area (Å²) in [7, 11) is 0. The van der Waals surface area contributed by atoms with Crippen molar-refractivity contribution in [3.05, 3.63) is 23.9 Å². The second kappa shape index (κ2) is 6.19. The van der Waals surface area contributed by atoms with E-state index in [0.717, 1.165) is 25.5 Å². The van der Waals surface area contributed by atoms with E-state index in [4.69, 9.17) is 0 Å². The number of nitrogens with zero attached hydrogens (tertiary/aromatic N) is 1. The summed E-state index contributed by atoms with van der Waals surface area (Å²) >= 11 is 0. The normalized spacial score (nSPS) is 18.6. The van der Waals surface area contributed by atoms with Crippen molar-refractivity contribution < 1.29 is 0 Å². The van der Waals surface area contributed by atoms with E-state index in [0.29, 0.717) is 5.41 Å². The number of piperidine rings is 1. The summed E-state index contributed by atoms with van der Waals surface area (Å²) in [5.74, 6) is 1.01. The fourth-order valence-corrected chi connectivity index (χ4v) is 2.85. The molecule has 100 valence electrons. The summed E-state index contributed by atoms with van der Waals surface area (Å²) in [6.07, 6.45) is 7.06. The highest BCUT2D eigenvalue weighted by Gasteiger charge is 2.30. The van der Waals surface area contributed by atoms with Gasteiger partial charge in [0, 0.05) is 12.7 Å². The molecule has 1 fully saturated rings. The summed E-state index contributed by atoms with van der Waals surface area (Å²) in [5.41, 5.74) is 1.68. The van der Waals surface area contributed by atoms with E-state index < -0.39 is 0 Å². The smallest absolute Gasteiger partial charge is 0.125 e. The Morgan fingerprint density at radius 3 is 2.72 bits per heavy atom. The molecule has 1 aromatic rings. The number of aromatic nitrogens is 1. The first-order valence-corrected chi connectivity index (χ1v) is 7.11. The fraction of sp³-hybridized carbons (Fsp3) is 0.667. The van der Waals surface area contributed by atoms with Crippen LogP contribution in [0.25, 0.3) is 0 Å². The molecule has 0 bridgehead atoms. The van der Waals surface area contributed by atoms with Crippen molar-refractivity contribution in [1.29, 1.82) is 0 Å². The average molecular weight is 247 g/mol. The maximum Gasteiger partial charge on any atom is 0.125 e. The van der Waals surface area contributed by atoms with Crippen LogP contribution in [-0.2, 0) is 0 Å². The summed E-state index contributed by atoms with van der Waals surface area (Å²) in [5, 5.41) is 6.99. The van der Waals surface area contributed by atoms with Gasteiger partial charge in [-0.05, 0) is 56.3 Å². The predicted octanol–water partition coefficient (Wildman–Crippen LogP) is 2.97. The van der Waals surface area contributed by atoms with Crippen molar-refractivity contribution in [3.8, 4) is 0 Å². The molecule has 0 aliphatic carbocycles. The summed E-state index contributed by atoms with van der Waals surface area (Å²) in [4.78, 5) is 4.43. The van der Waals surface area contributed by atoms with Gasteiger partial charge in [0.25, 0.3) is 0 Å². The quantitative estimate of drug-likeness (QED) is 0.840. The lowest BCUT2D eigenvalue weighted by Crippen LogP contribution is -2.41. The Bertz CT molecular complexity index is 347. The van der Waals surface area contributed by atoms with Gasteiger partial charge in [-0.1, -0.05) is 19.4 Å². The lowest BCUT2D eigenvalue weighted by atomic mass is 9.75. The monoisotopic (exact) mass is 247 g/mol. The van der Waals surface area contributed by atoms with E-state index in [1.807, 2.05) is 6.20 Å². The van der Waals surface area contributed by atoms with Crippen LogP contribution in [0.4, 0.5) is 5.82 Å². The SMILES string of the molecule is CCCC1(CNc2ccc(C)cn2)CCNCC1. The molecule has 1 saturated heterocycles. The number of nitrogens with one attached hydrogen (secondary N) is 2. The molecular formula is C15H25N3. The molecule has 0 atom stereocenters. The number of anilines is 1. The lowest BCUT2D eigenvalue weighted by Gasteiger charge is -2.38. The van der Waals surface area contributed by atoms with Gasteiger partial charge in [0.2, 0.25) is 0 Å². The van der Waals surface area contributed by atoms with Crippen molar-refractivity contribution >= 4 is 5.82 Å². The minimum absolute atomic E-state index is 0.465. The van der Waals surface area contributed by atoms with Crippen LogP contribution in [0.15, 0.2) is 18.3 Å². The third kappa shape index (κ3) is 3.45. The van der Waals surface area contributed by atoms with Crippen LogP contribution < -0.4 is 10.6 Å². The van der Waals surface area contributed by atoms with Crippen molar-refractivity contribution in [2.75, 3.05) is 25.0 Å². The van der Waals surface area contributed by atoms with E-state index in [2.05, 4.69) is 41.6 Å². The zero-order chi connectivity index (χ0) is 12.8. The molecule has 2 rings (SSSR count). The molecule has 3 nitrogen and oxygen atoms in total. The van der Waals surface area contributed by atoms with Crippen molar-refractivity contribution in [2.24, 2.45) is 5.41 Å². The van der Waals surface area contributed by atoms with Gasteiger partial charge >= 0.3 is 0 Å². The predicted molar refractivity (Wildman–Crippen MR) is 76.9 cm³/mol. The first-order valence-electron chi connectivity index (χ1n) is 7.11. The summed E-state index contributed by atoms with van der Waals surface area (Å²) in [6.45, 7) is 7.72. The standard InChI is InChI=1S/C15H25N3/c1-3-6-15(7-9-16-10-8-15)12-18-14-5-4-13(2)11-17-14/h4-5,11,16H,3,6-10,12H2,1-2H3,(H,17,18). The molecule has 0 spiro atoms. The molecule has 18 heavy (non-hydrogen) atoms. The summed E-state index contributed by atoms with van der Waals surface area (Å²) in [6, 6.07) is 4.19. The van der Waals surface area contributed by atoms with E-state index in [9.17, 15) is 0 Å². The third-order valence-electron chi connectivity index (χ3n) is 4.00. The van der Waals surface area contributed by atoms with E-state index >= 15 is 0 Å². The van der Waals surface area contributed by atoms with Crippen molar-refractivity contribution in [1.82, 2.24) is 10.3 Å². The fourth-order valence-electron chi connectivity index (χ4n) is 2.85. The van der Waals surface area contributed by atoms with Crippen LogP contribution in [0.5, 0.6) is 0 Å². The highest BCUT2D eigenvalue weighted by molar-refractivity contribution is 5.35. The first-order chi connectivity index (χ1) is 8.74. The minimum Gasteiger partial charge on any atom is -0.370 e. The van der Waals surface area contributed by atoms with Gasteiger partial charge in [0.15, 0.2) is 0 Å². The highest BCUT2D eigenvalue weighted by atomic mass is 15.0. The van der Waals surface area contributed by atoms with E-state index in [-0.39, 0.29) is 0 Å². The van der Waals surface area contributed by atoms with E-state index in [1.54, 1.807) is 0 Å². The second-order valence-corrected chi connectivity index (χ2v) is 5.57. The Labute approximate surface area is 110 Å². The van der Waals surface area contributed by atoms with Crippen LogP contribution >= 0.6 is 0 Å². The zero-order valence-electron chi connectivity index (χ0n) is 11.6. The van der Waals surface area contributed by atoms with Crippen molar-refractivity contribution in [3.63, 3.8) is 0 Å². The van der Waals surface area contributed by atoms with Crippen LogP contribution in [0, 0.1) is 12.3 Å². The zero-order valence-corrected chi connectivity index (χ0v) is 11.6. The third-order valence-corrected chi connectivity index (χ3v) is 4.00. The molecule has 2 heterocycles. The van der Waals surface area contributed by atoms with Gasteiger partial charge in [0.1, 0.15) is 5.82 Å². The van der Waals surface area contributed by atoms with Gasteiger partial charge in [-0.2, -0.15) is 0 Å². The van der Waals surface area contributed by atoms with E-state index in [1.165, 1.54) is 31.2 Å². The van der Waals surface area contributed by atoms with Crippen LogP contribution in [0.1, 0.15) is 38.2 Å². The van der Waals surface area contributed by atoms with Crippen molar-refractivity contribution in [2.45, 2.75) is 39.5 Å². The molecule has 1 aromatic heterocycles. The molecule has 0 unspecified atom stereocenters. The Hall–Kier alpha value is -1.09. The minimum atomic E-state index is 0.465. The summed E-state index contributed by atoms with van der Waals surface area (Å²) < 4.78 is 0. The molecule has 1 aliphatic rings. The number of hydrogen-bond donors (Lipinski definition) is 2. The van der Waals surface area contributed by atoms with Gasteiger partial charge in [-0.15, -0.1) is 0 Å². The van der Waals surface area contributed by atoms with Gasteiger partial charge in [-0.25, -0.2) is 4.98 Å². The molecule has 0 aromatic carbocycles. The molecular weight excluding hydrogens is 222 g/mol. The molecule has 0 radical (unpaired) electrons. The topological polar surface area (TPSA) is 37.0 Å². The Morgan fingerprint density at radius 2 is 2.11 bits per heavy atom. The van der Waals surface area contributed by atoms with Gasteiger partial charge in [-0.3, -0.25) is 0 Å². The molecule has 0 saturated carbocycles. The first kappa shape index (κ1) is 13.3. The molecule has 2 N–H and O–H groups in total. The molecule has 3 heteroatoms. The Morgan fingerprint density at radius 1 is 1.33 bits per heavy atom. The van der Waals surface area contributed by atoms with Gasteiger partial charge in [0.05, 0.1) is 0 Å². The number of aryl methyl sites for hydroxylation is 1. The van der Waals surface area contributed by atoms with Crippen LogP contribution in [0.3, 0.4) is 0 Å². The number of rotatable bonds is 5. The second-order valence-electron chi connectivity index (χ2n) is 5.57. The Kier molecular flexibility index (Phi) is 4.59. The number of pyridine rings is 1. The average Bonchev–Trinajstić information content (AvgIpc) is 2.40. The van der Waals surface area contributed by atoms with Crippen LogP contribution in [-0.4, -0.2) is 24.6 Å². The molecule has 0 amide bonds.